The lowest BCUT2D eigenvalue weighted by Gasteiger charge is -2.46. The Morgan fingerprint density at radius 2 is 2.12 bits per heavy atom. The first-order valence-corrected chi connectivity index (χ1v) is 9.43. The molecule has 4 nitrogen and oxygen atoms in total. The molecule has 0 spiro atoms. The summed E-state index contributed by atoms with van der Waals surface area (Å²) in [6, 6.07) is 9.47. The Kier molecular flexibility index (Phi) is 7.57. The molecule has 0 amide bonds. The smallest absolute Gasteiger partial charge is 0.306 e. The molecule has 0 aliphatic carbocycles. The van der Waals surface area contributed by atoms with E-state index >= 15 is 0 Å². The average Bonchev–Trinajstić information content (AvgIpc) is 2.59. The molecule has 1 aromatic carbocycles. The van der Waals surface area contributed by atoms with E-state index in [0.717, 1.165) is 39.0 Å². The number of hydrogen-bond donors (Lipinski definition) is 0. The largest absolute Gasteiger partial charge is 0.463 e. The predicted molar refractivity (Wildman–Crippen MR) is 105 cm³/mol. The number of carbonyl (C=O) groups is 1. The zero-order chi connectivity index (χ0) is 16.9. The van der Waals surface area contributed by atoms with Gasteiger partial charge in [0.2, 0.25) is 0 Å². The van der Waals surface area contributed by atoms with Gasteiger partial charge in [-0.1, -0.05) is 25.1 Å². The average molecular weight is 367 g/mol. The molecule has 2 aliphatic heterocycles. The number of aryl methyl sites for hydroxylation is 1. The number of anilines is 1. The fourth-order valence-corrected chi connectivity index (χ4v) is 3.92. The lowest BCUT2D eigenvalue weighted by atomic mass is 9.94. The second-order valence-corrected chi connectivity index (χ2v) is 7.15. The third kappa shape index (κ3) is 5.11. The van der Waals surface area contributed by atoms with Crippen molar-refractivity contribution in [1.29, 1.82) is 0 Å². The number of nitrogens with zero attached hydrogens (tertiary/aromatic N) is 2. The highest BCUT2D eigenvalue weighted by Gasteiger charge is 2.31. The first kappa shape index (κ1) is 20.1. The molecule has 1 aromatic rings. The van der Waals surface area contributed by atoms with E-state index in [9.17, 15) is 4.79 Å². The van der Waals surface area contributed by atoms with E-state index in [1.165, 1.54) is 24.1 Å². The Hall–Kier alpha value is -1.26. The molecule has 0 saturated carbocycles. The van der Waals surface area contributed by atoms with Gasteiger partial charge in [0, 0.05) is 44.3 Å². The molecule has 0 radical (unpaired) electrons. The zero-order valence-corrected chi connectivity index (χ0v) is 16.3. The standard InChI is InChI=1S/C20H30N2O2.ClH/c1-3-6-20(23)24-16(2)11-12-21-13-14-22-18(15-21)10-9-17-7-4-5-8-19(17)22;/h4-5,7-8,16,18H,3,6,9-15H2,1-2H3;1H. The number of esters is 1. The van der Waals surface area contributed by atoms with E-state index in [0.29, 0.717) is 12.5 Å². The van der Waals surface area contributed by atoms with E-state index < -0.39 is 0 Å². The Morgan fingerprint density at radius 3 is 2.92 bits per heavy atom. The molecule has 5 heteroatoms. The van der Waals surface area contributed by atoms with Crippen molar-refractivity contribution in [2.24, 2.45) is 0 Å². The molecule has 0 N–H and O–H groups in total. The van der Waals surface area contributed by atoms with Crippen molar-refractivity contribution < 1.29 is 9.53 Å². The van der Waals surface area contributed by atoms with Crippen LogP contribution in [-0.4, -0.2) is 49.2 Å². The summed E-state index contributed by atoms with van der Waals surface area (Å²) in [4.78, 5) is 16.7. The molecular formula is C20H31ClN2O2. The van der Waals surface area contributed by atoms with Crippen LogP contribution in [0.1, 0.15) is 45.1 Å². The van der Waals surface area contributed by atoms with Crippen LogP contribution < -0.4 is 4.90 Å². The number of rotatable bonds is 6. The van der Waals surface area contributed by atoms with E-state index in [2.05, 4.69) is 34.1 Å². The van der Waals surface area contributed by atoms with Crippen molar-refractivity contribution in [1.82, 2.24) is 4.90 Å². The molecular weight excluding hydrogens is 336 g/mol. The fourth-order valence-electron chi connectivity index (χ4n) is 3.92. The van der Waals surface area contributed by atoms with Crippen molar-refractivity contribution in [3.8, 4) is 0 Å². The molecule has 1 saturated heterocycles. The maximum absolute atomic E-state index is 11.6. The molecule has 3 rings (SSSR count). The van der Waals surface area contributed by atoms with Gasteiger partial charge < -0.3 is 9.64 Å². The number of fused-ring (bicyclic) bond motifs is 3. The minimum Gasteiger partial charge on any atom is -0.463 e. The number of para-hydroxylation sites is 1. The highest BCUT2D eigenvalue weighted by Crippen LogP contribution is 2.32. The van der Waals surface area contributed by atoms with Crippen molar-refractivity contribution in [2.45, 2.75) is 58.1 Å². The van der Waals surface area contributed by atoms with Crippen molar-refractivity contribution in [2.75, 3.05) is 31.1 Å². The number of hydrogen-bond acceptors (Lipinski definition) is 4. The number of ether oxygens (including phenoxy) is 1. The maximum atomic E-state index is 11.6. The van der Waals surface area contributed by atoms with Crippen LogP contribution in [0.5, 0.6) is 0 Å². The first-order chi connectivity index (χ1) is 11.7. The Labute approximate surface area is 157 Å². The van der Waals surface area contributed by atoms with Gasteiger partial charge in [-0.15, -0.1) is 12.4 Å². The maximum Gasteiger partial charge on any atom is 0.306 e. The molecule has 140 valence electrons. The first-order valence-electron chi connectivity index (χ1n) is 9.43. The molecule has 2 aliphatic rings. The van der Waals surface area contributed by atoms with Crippen molar-refractivity contribution in [3.63, 3.8) is 0 Å². The van der Waals surface area contributed by atoms with Crippen LogP contribution >= 0.6 is 12.4 Å². The van der Waals surface area contributed by atoms with Crippen LogP contribution in [0.3, 0.4) is 0 Å². The summed E-state index contributed by atoms with van der Waals surface area (Å²) in [6.45, 7) is 8.37. The van der Waals surface area contributed by atoms with Crippen LogP contribution in [0.15, 0.2) is 24.3 Å². The summed E-state index contributed by atoms with van der Waals surface area (Å²) >= 11 is 0. The zero-order valence-electron chi connectivity index (χ0n) is 15.4. The number of benzene rings is 1. The predicted octanol–water partition coefficient (Wildman–Crippen LogP) is 3.67. The third-order valence-corrected chi connectivity index (χ3v) is 5.25. The van der Waals surface area contributed by atoms with Crippen LogP contribution in [0, 0.1) is 0 Å². The van der Waals surface area contributed by atoms with Crippen LogP contribution in [0.2, 0.25) is 0 Å². The van der Waals surface area contributed by atoms with Crippen LogP contribution in [0.25, 0.3) is 0 Å². The van der Waals surface area contributed by atoms with Gasteiger partial charge in [-0.05, 0) is 44.2 Å². The molecule has 25 heavy (non-hydrogen) atoms. The normalized spacial score (nSPS) is 20.9. The van der Waals surface area contributed by atoms with Gasteiger partial charge in [0.15, 0.2) is 0 Å². The molecule has 2 unspecified atom stereocenters. The van der Waals surface area contributed by atoms with Gasteiger partial charge in [0.1, 0.15) is 6.10 Å². The van der Waals surface area contributed by atoms with Crippen molar-refractivity contribution in [3.05, 3.63) is 29.8 Å². The van der Waals surface area contributed by atoms with Gasteiger partial charge >= 0.3 is 5.97 Å². The topological polar surface area (TPSA) is 32.8 Å². The van der Waals surface area contributed by atoms with E-state index in [4.69, 9.17) is 4.74 Å². The van der Waals surface area contributed by atoms with Crippen LogP contribution in [-0.2, 0) is 16.0 Å². The summed E-state index contributed by atoms with van der Waals surface area (Å²) in [5.74, 6) is -0.0568. The van der Waals surface area contributed by atoms with Gasteiger partial charge in [0.05, 0.1) is 0 Å². The fraction of sp³-hybridized carbons (Fsp3) is 0.650. The Morgan fingerprint density at radius 1 is 1.32 bits per heavy atom. The minimum absolute atomic E-state index is 0. The SMILES string of the molecule is CCCC(=O)OC(C)CCN1CCN2c3ccccc3CCC2C1.Cl. The number of piperazine rings is 1. The lowest BCUT2D eigenvalue weighted by Crippen LogP contribution is -2.55. The summed E-state index contributed by atoms with van der Waals surface area (Å²) in [5.41, 5.74) is 2.94. The highest BCUT2D eigenvalue weighted by molar-refractivity contribution is 5.85. The lowest BCUT2D eigenvalue weighted by molar-refractivity contribution is -0.148. The summed E-state index contributed by atoms with van der Waals surface area (Å²) in [6.07, 6.45) is 4.78. The van der Waals surface area contributed by atoms with Crippen LogP contribution in [0.4, 0.5) is 5.69 Å². The number of carbonyl (C=O) groups excluding carboxylic acids is 1. The molecule has 1 fully saturated rings. The quantitative estimate of drug-likeness (QED) is 0.719. The second-order valence-electron chi connectivity index (χ2n) is 7.15. The molecule has 0 bridgehead atoms. The summed E-state index contributed by atoms with van der Waals surface area (Å²) in [7, 11) is 0. The minimum atomic E-state index is -0.0568. The van der Waals surface area contributed by atoms with Gasteiger partial charge in [-0.25, -0.2) is 0 Å². The molecule has 2 atom stereocenters. The Balaban J connectivity index is 0.00000225. The number of halogens is 1. The molecule has 2 heterocycles. The van der Waals surface area contributed by atoms with Gasteiger partial charge in [-0.3, -0.25) is 9.69 Å². The molecule has 0 aromatic heterocycles. The third-order valence-electron chi connectivity index (χ3n) is 5.25. The van der Waals surface area contributed by atoms with E-state index in [1.54, 1.807) is 0 Å². The monoisotopic (exact) mass is 366 g/mol. The summed E-state index contributed by atoms with van der Waals surface area (Å²) in [5, 5.41) is 0. The Bertz CT molecular complexity index is 566. The van der Waals surface area contributed by atoms with Crippen molar-refractivity contribution >= 4 is 24.1 Å². The second kappa shape index (κ2) is 9.44. The van der Waals surface area contributed by atoms with Gasteiger partial charge in [0.25, 0.3) is 0 Å². The summed E-state index contributed by atoms with van der Waals surface area (Å²) < 4.78 is 5.46. The van der Waals surface area contributed by atoms with Gasteiger partial charge in [-0.2, -0.15) is 0 Å². The highest BCUT2D eigenvalue weighted by atomic mass is 35.5. The van der Waals surface area contributed by atoms with E-state index in [1.807, 2.05) is 13.8 Å². The van der Waals surface area contributed by atoms with E-state index in [-0.39, 0.29) is 24.5 Å².